The largest absolute Gasteiger partial charge is 0.398 e. The number of para-hydroxylation sites is 1. The van der Waals surface area contributed by atoms with Gasteiger partial charge in [0.15, 0.2) is 0 Å². The summed E-state index contributed by atoms with van der Waals surface area (Å²) in [6, 6.07) is 7.45. The van der Waals surface area contributed by atoms with Crippen molar-refractivity contribution in [2.45, 2.75) is 25.0 Å². The predicted octanol–water partition coefficient (Wildman–Crippen LogP) is 0.775. The quantitative estimate of drug-likeness (QED) is 0.671. The summed E-state index contributed by atoms with van der Waals surface area (Å²) >= 11 is 0. The summed E-state index contributed by atoms with van der Waals surface area (Å²) in [7, 11) is 0. The van der Waals surface area contributed by atoms with Crippen LogP contribution in [0.25, 0.3) is 0 Å². The molecule has 1 saturated heterocycles. The van der Waals surface area contributed by atoms with Crippen molar-refractivity contribution in [2.24, 2.45) is 0 Å². The minimum atomic E-state index is -0.550. The molecule has 1 heterocycles. The minimum Gasteiger partial charge on any atom is -0.398 e. The molecule has 0 saturated carbocycles. The molecule has 112 valence electrons. The molecule has 20 heavy (non-hydrogen) atoms. The minimum absolute atomic E-state index is 0.0756. The van der Waals surface area contributed by atoms with Gasteiger partial charge < -0.3 is 25.6 Å². The second-order valence-corrected chi connectivity index (χ2v) is 5.24. The van der Waals surface area contributed by atoms with Gasteiger partial charge in [0.1, 0.15) is 0 Å². The number of rotatable bonds is 6. The molecule has 1 unspecified atom stereocenters. The van der Waals surface area contributed by atoms with Crippen LogP contribution in [0.2, 0.25) is 0 Å². The maximum Gasteiger partial charge on any atom is 0.0936 e. The molecule has 1 fully saturated rings. The summed E-state index contributed by atoms with van der Waals surface area (Å²) in [5, 5.41) is 19.0. The van der Waals surface area contributed by atoms with E-state index in [1.54, 1.807) is 0 Å². The fourth-order valence-electron chi connectivity index (χ4n) is 2.64. The van der Waals surface area contributed by atoms with Crippen molar-refractivity contribution < 1.29 is 14.9 Å². The third kappa shape index (κ3) is 4.18. The number of aliphatic hydroxyl groups excluding tert-OH is 2. The van der Waals surface area contributed by atoms with Gasteiger partial charge in [-0.25, -0.2) is 0 Å². The molecule has 1 aromatic rings. The van der Waals surface area contributed by atoms with E-state index in [4.69, 9.17) is 15.6 Å². The molecule has 0 aromatic heterocycles. The second-order valence-electron chi connectivity index (χ2n) is 5.24. The topological polar surface area (TPSA) is 79.0 Å². The van der Waals surface area contributed by atoms with Crippen LogP contribution in [0, 0.1) is 0 Å². The number of anilines is 1. The normalized spacial score (nSPS) is 19.1. The monoisotopic (exact) mass is 280 g/mol. The summed E-state index contributed by atoms with van der Waals surface area (Å²) in [6.45, 7) is 2.89. The smallest absolute Gasteiger partial charge is 0.0936 e. The number of nitrogens with zero attached hydrogens (tertiary/aromatic N) is 1. The number of benzene rings is 1. The van der Waals surface area contributed by atoms with Crippen LogP contribution in [-0.2, 0) is 4.74 Å². The van der Waals surface area contributed by atoms with Gasteiger partial charge in [-0.05, 0) is 18.9 Å². The van der Waals surface area contributed by atoms with Gasteiger partial charge in [0, 0.05) is 30.9 Å². The predicted molar refractivity (Wildman–Crippen MR) is 78.3 cm³/mol. The molecule has 0 amide bonds. The number of piperidine rings is 1. The van der Waals surface area contributed by atoms with E-state index in [-0.39, 0.29) is 12.7 Å². The van der Waals surface area contributed by atoms with Crippen molar-refractivity contribution in [1.29, 1.82) is 0 Å². The third-order valence-electron chi connectivity index (χ3n) is 3.77. The molecular formula is C15H24N2O3. The molecule has 1 aliphatic rings. The molecule has 0 aliphatic carbocycles. The number of β-amino-alcohol motifs (C(OH)–C–C–N with tert-alkyl or cyclic N) is 1. The molecule has 1 aliphatic heterocycles. The van der Waals surface area contributed by atoms with Crippen molar-refractivity contribution in [2.75, 3.05) is 38.6 Å². The SMILES string of the molecule is Nc1ccccc1C(O)CN1CCC(OCCO)CC1. The Morgan fingerprint density at radius 3 is 2.65 bits per heavy atom. The lowest BCUT2D eigenvalue weighted by molar-refractivity contribution is -0.0148. The second kappa shape index (κ2) is 7.59. The highest BCUT2D eigenvalue weighted by Crippen LogP contribution is 2.22. The lowest BCUT2D eigenvalue weighted by Gasteiger charge is -2.33. The first-order valence-electron chi connectivity index (χ1n) is 7.18. The molecule has 1 atom stereocenters. The zero-order chi connectivity index (χ0) is 14.4. The third-order valence-corrected chi connectivity index (χ3v) is 3.77. The fourth-order valence-corrected chi connectivity index (χ4v) is 2.64. The summed E-state index contributed by atoms with van der Waals surface area (Å²) in [5.41, 5.74) is 7.32. The summed E-state index contributed by atoms with van der Waals surface area (Å²) < 4.78 is 5.53. The molecule has 1 aromatic carbocycles. The van der Waals surface area contributed by atoms with Crippen LogP contribution in [0.3, 0.4) is 0 Å². The maximum absolute atomic E-state index is 10.3. The van der Waals surface area contributed by atoms with Gasteiger partial charge >= 0.3 is 0 Å². The van der Waals surface area contributed by atoms with Crippen LogP contribution in [-0.4, -0.2) is 54.1 Å². The number of ether oxygens (including phenoxy) is 1. The van der Waals surface area contributed by atoms with E-state index in [1.165, 1.54) is 0 Å². The molecule has 4 N–H and O–H groups in total. The summed E-state index contributed by atoms with van der Waals surface area (Å²) in [4.78, 5) is 2.23. The first-order chi connectivity index (χ1) is 9.70. The number of hydrogen-bond donors (Lipinski definition) is 3. The molecule has 0 spiro atoms. The Labute approximate surface area is 120 Å². The first-order valence-corrected chi connectivity index (χ1v) is 7.18. The molecule has 2 rings (SSSR count). The van der Waals surface area contributed by atoms with Crippen LogP contribution in [0.4, 0.5) is 5.69 Å². The van der Waals surface area contributed by atoms with Crippen LogP contribution < -0.4 is 5.73 Å². The van der Waals surface area contributed by atoms with Crippen molar-refractivity contribution in [1.82, 2.24) is 4.90 Å². The lowest BCUT2D eigenvalue weighted by atomic mass is 10.0. The van der Waals surface area contributed by atoms with Crippen LogP contribution in [0.1, 0.15) is 24.5 Å². The number of likely N-dealkylation sites (tertiary alicyclic amines) is 1. The average molecular weight is 280 g/mol. The molecule has 5 nitrogen and oxygen atoms in total. The highest BCUT2D eigenvalue weighted by molar-refractivity contribution is 5.47. The van der Waals surface area contributed by atoms with Gasteiger partial charge in [0.2, 0.25) is 0 Å². The van der Waals surface area contributed by atoms with Crippen molar-refractivity contribution in [3.63, 3.8) is 0 Å². The van der Waals surface area contributed by atoms with Gasteiger partial charge in [-0.15, -0.1) is 0 Å². The van der Waals surface area contributed by atoms with Crippen molar-refractivity contribution >= 4 is 5.69 Å². The van der Waals surface area contributed by atoms with Gasteiger partial charge in [-0.1, -0.05) is 18.2 Å². The lowest BCUT2D eigenvalue weighted by Crippen LogP contribution is -2.39. The Kier molecular flexibility index (Phi) is 5.79. The van der Waals surface area contributed by atoms with E-state index in [0.29, 0.717) is 18.8 Å². The van der Waals surface area contributed by atoms with E-state index in [0.717, 1.165) is 31.5 Å². The Morgan fingerprint density at radius 1 is 1.30 bits per heavy atom. The molecule has 0 radical (unpaired) electrons. The molecule has 5 heteroatoms. The zero-order valence-electron chi connectivity index (χ0n) is 11.7. The zero-order valence-corrected chi connectivity index (χ0v) is 11.7. The highest BCUT2D eigenvalue weighted by Gasteiger charge is 2.22. The fraction of sp³-hybridized carbons (Fsp3) is 0.600. The van der Waals surface area contributed by atoms with E-state index in [2.05, 4.69) is 4.90 Å². The Balaban J connectivity index is 1.79. The van der Waals surface area contributed by atoms with Crippen LogP contribution in [0.5, 0.6) is 0 Å². The Morgan fingerprint density at radius 2 is 2.00 bits per heavy atom. The summed E-state index contributed by atoms with van der Waals surface area (Å²) in [5.74, 6) is 0. The average Bonchev–Trinajstić information content (AvgIpc) is 2.47. The van der Waals surface area contributed by atoms with E-state index >= 15 is 0 Å². The van der Waals surface area contributed by atoms with Crippen LogP contribution in [0.15, 0.2) is 24.3 Å². The number of nitrogen functional groups attached to an aromatic ring is 1. The van der Waals surface area contributed by atoms with Crippen LogP contribution >= 0.6 is 0 Å². The molecule has 0 bridgehead atoms. The van der Waals surface area contributed by atoms with Gasteiger partial charge in [0.05, 0.1) is 25.4 Å². The Bertz CT molecular complexity index is 406. The van der Waals surface area contributed by atoms with Crippen molar-refractivity contribution in [3.8, 4) is 0 Å². The number of hydrogen-bond acceptors (Lipinski definition) is 5. The van der Waals surface area contributed by atoms with Gasteiger partial charge in [-0.2, -0.15) is 0 Å². The Hall–Kier alpha value is -1.14. The van der Waals surface area contributed by atoms with E-state index in [1.807, 2.05) is 24.3 Å². The van der Waals surface area contributed by atoms with E-state index < -0.39 is 6.10 Å². The van der Waals surface area contributed by atoms with Gasteiger partial charge in [0.25, 0.3) is 0 Å². The summed E-state index contributed by atoms with van der Waals surface area (Å²) in [6.07, 6.45) is 1.57. The maximum atomic E-state index is 10.3. The number of nitrogens with two attached hydrogens (primary N) is 1. The van der Waals surface area contributed by atoms with E-state index in [9.17, 15) is 5.11 Å². The standard InChI is InChI=1S/C15H24N2O3/c16-14-4-2-1-3-13(14)15(19)11-17-7-5-12(6-8-17)20-10-9-18/h1-4,12,15,18-19H,5-11,16H2. The van der Waals surface area contributed by atoms with Gasteiger partial charge in [-0.3, -0.25) is 0 Å². The number of aliphatic hydroxyl groups is 2. The molecular weight excluding hydrogens is 256 g/mol. The first kappa shape index (κ1) is 15.3. The van der Waals surface area contributed by atoms with Crippen molar-refractivity contribution in [3.05, 3.63) is 29.8 Å². The highest BCUT2D eigenvalue weighted by atomic mass is 16.5.